The van der Waals surface area contributed by atoms with Crippen molar-refractivity contribution in [2.24, 2.45) is 11.8 Å². The van der Waals surface area contributed by atoms with Gasteiger partial charge in [-0.3, -0.25) is 18.7 Å². The van der Waals surface area contributed by atoms with E-state index in [1.165, 1.54) is 17.8 Å². The molecule has 0 radical (unpaired) electrons. The minimum absolute atomic E-state index is 0.0120. The number of ether oxygens (including phenoxy) is 4. The van der Waals surface area contributed by atoms with Gasteiger partial charge in [-0.1, -0.05) is 27.7 Å². The van der Waals surface area contributed by atoms with Crippen molar-refractivity contribution in [2.45, 2.75) is 117 Å². The van der Waals surface area contributed by atoms with Crippen LogP contribution in [-0.4, -0.2) is 97.5 Å². The quantitative estimate of drug-likeness (QED) is 0.111. The molecule has 1 fully saturated rings. The molecule has 0 amide bonds. The molecule has 1 unspecified atom stereocenters. The molecule has 18 heteroatoms. The molecule has 0 aromatic carbocycles. The SMILES string of the molecule is CCOC(=O)[C@H](CC(C)C)NP(=O)(N[C@@H](CC(C)C)C(=O)OCC)OC[C@H]1O[C@@H](n2cnc3c(OC(C)C)nc(N)nc32)[C@@](C)(O)C1O. The van der Waals surface area contributed by atoms with Gasteiger partial charge < -0.3 is 39.4 Å². The van der Waals surface area contributed by atoms with Gasteiger partial charge in [-0.2, -0.15) is 9.97 Å². The number of esters is 2. The first kappa shape index (κ1) is 39.5. The average molecular weight is 702 g/mol. The number of nitrogens with zero attached hydrogens (tertiary/aromatic N) is 4. The van der Waals surface area contributed by atoms with E-state index in [1.807, 2.05) is 41.5 Å². The first-order valence-corrected chi connectivity index (χ1v) is 17.9. The van der Waals surface area contributed by atoms with Crippen LogP contribution in [0.15, 0.2) is 6.33 Å². The molecule has 6 atom stereocenters. The van der Waals surface area contributed by atoms with Crippen molar-refractivity contribution in [2.75, 3.05) is 25.6 Å². The van der Waals surface area contributed by atoms with Crippen LogP contribution in [0, 0.1) is 11.8 Å². The standard InChI is InChI=1S/C30H52N7O10P/c1-10-43-26(39)19(12-16(3)4)35-48(42,36-20(13-17(5)6)27(40)44-11-2)45-14-21-23(38)30(9,41)28(47-21)37-15-32-22-24(37)33-29(31)34-25(22)46-18(7)8/h15-21,23,28,38,41H,10-14H2,1-9H3,(H2,31,33,34)(H2,35,36,42)/t19-,20-,21+,23?,28+,30-/m0/s1. The highest BCUT2D eigenvalue weighted by Crippen LogP contribution is 2.45. The number of aliphatic hydroxyl groups excluding tert-OH is 1. The number of aliphatic hydroxyl groups is 2. The van der Waals surface area contributed by atoms with Crippen molar-refractivity contribution in [3.63, 3.8) is 0 Å². The van der Waals surface area contributed by atoms with Crippen LogP contribution < -0.4 is 20.6 Å². The van der Waals surface area contributed by atoms with E-state index < -0.39 is 62.3 Å². The van der Waals surface area contributed by atoms with E-state index in [-0.39, 0.29) is 67.0 Å². The lowest BCUT2D eigenvalue weighted by molar-refractivity contribution is -0.146. The molecule has 1 saturated heterocycles. The van der Waals surface area contributed by atoms with Crippen LogP contribution >= 0.6 is 7.67 Å². The third kappa shape index (κ3) is 9.83. The number of anilines is 1. The summed E-state index contributed by atoms with van der Waals surface area (Å²) in [5, 5.41) is 28.3. The molecule has 17 nitrogen and oxygen atoms in total. The number of nitrogens with one attached hydrogen (secondary N) is 2. The Kier molecular flexibility index (Phi) is 13.7. The number of carbonyl (C=O) groups is 2. The summed E-state index contributed by atoms with van der Waals surface area (Å²) < 4.78 is 44.2. The Morgan fingerprint density at radius 2 is 1.58 bits per heavy atom. The first-order valence-electron chi connectivity index (χ1n) is 16.3. The van der Waals surface area contributed by atoms with Gasteiger partial charge in [0.1, 0.15) is 29.9 Å². The van der Waals surface area contributed by atoms with Gasteiger partial charge in [-0.05, 0) is 59.3 Å². The van der Waals surface area contributed by atoms with E-state index >= 15 is 0 Å². The highest BCUT2D eigenvalue weighted by atomic mass is 31.2. The average Bonchev–Trinajstić information content (AvgIpc) is 3.48. The van der Waals surface area contributed by atoms with E-state index in [2.05, 4.69) is 25.1 Å². The molecule has 0 saturated carbocycles. The highest BCUT2D eigenvalue weighted by molar-refractivity contribution is 7.54. The molecule has 0 bridgehead atoms. The van der Waals surface area contributed by atoms with Crippen LogP contribution in [0.3, 0.4) is 0 Å². The van der Waals surface area contributed by atoms with Crippen molar-refractivity contribution in [3.8, 4) is 5.88 Å². The lowest BCUT2D eigenvalue weighted by Crippen LogP contribution is -2.47. The zero-order chi connectivity index (χ0) is 36.0. The predicted molar refractivity (Wildman–Crippen MR) is 176 cm³/mol. The number of rotatable bonds is 18. The Labute approximate surface area is 281 Å². The summed E-state index contributed by atoms with van der Waals surface area (Å²) in [6.07, 6.45) is -2.48. The molecule has 272 valence electrons. The molecule has 2 aromatic rings. The van der Waals surface area contributed by atoms with Gasteiger partial charge in [-0.15, -0.1) is 0 Å². The monoisotopic (exact) mass is 701 g/mol. The maximum Gasteiger partial charge on any atom is 0.342 e. The zero-order valence-electron chi connectivity index (χ0n) is 29.2. The van der Waals surface area contributed by atoms with Gasteiger partial charge in [0.2, 0.25) is 11.8 Å². The van der Waals surface area contributed by atoms with E-state index in [0.29, 0.717) is 0 Å². The van der Waals surface area contributed by atoms with Crippen molar-refractivity contribution in [3.05, 3.63) is 6.33 Å². The summed E-state index contributed by atoms with van der Waals surface area (Å²) in [6, 6.07) is -2.14. The van der Waals surface area contributed by atoms with Gasteiger partial charge in [0.05, 0.1) is 32.3 Å². The summed E-state index contributed by atoms with van der Waals surface area (Å²) in [5.41, 5.74) is 4.45. The second-order valence-corrected chi connectivity index (χ2v) is 14.9. The number of nitrogens with two attached hydrogens (primary N) is 1. The lowest BCUT2D eigenvalue weighted by Gasteiger charge is -2.30. The van der Waals surface area contributed by atoms with Crippen LogP contribution in [0.1, 0.15) is 81.4 Å². The third-order valence-corrected chi connectivity index (χ3v) is 9.21. The Balaban J connectivity index is 1.95. The topological polar surface area (TPSA) is 232 Å². The lowest BCUT2D eigenvalue weighted by atomic mass is 9.96. The number of imidazole rings is 1. The van der Waals surface area contributed by atoms with Crippen molar-refractivity contribution < 1.29 is 47.8 Å². The summed E-state index contributed by atoms with van der Waals surface area (Å²) in [6.45, 7) is 15.5. The summed E-state index contributed by atoms with van der Waals surface area (Å²) in [5.74, 6) is -1.29. The molecule has 1 aliphatic heterocycles. The van der Waals surface area contributed by atoms with Gasteiger partial charge in [0.25, 0.3) is 0 Å². The number of hydrogen-bond donors (Lipinski definition) is 5. The van der Waals surface area contributed by atoms with Crippen LogP contribution in [0.25, 0.3) is 11.2 Å². The maximum absolute atomic E-state index is 14.6. The van der Waals surface area contributed by atoms with E-state index in [9.17, 15) is 24.4 Å². The molecule has 48 heavy (non-hydrogen) atoms. The summed E-state index contributed by atoms with van der Waals surface area (Å²) in [7, 11) is -4.31. The molecule has 1 aliphatic rings. The molecule has 2 aromatic heterocycles. The predicted octanol–water partition coefficient (Wildman–Crippen LogP) is 2.46. The third-order valence-electron chi connectivity index (χ3n) is 7.39. The van der Waals surface area contributed by atoms with Gasteiger partial charge >= 0.3 is 19.6 Å². The number of nitrogen functional groups attached to an aromatic ring is 1. The molecule has 3 heterocycles. The normalized spacial score (nSPS) is 22.8. The minimum atomic E-state index is -4.31. The number of hydrogen-bond acceptors (Lipinski definition) is 14. The Morgan fingerprint density at radius 3 is 2.06 bits per heavy atom. The Hall–Kier alpha value is -2.92. The van der Waals surface area contributed by atoms with Crippen LogP contribution in [0.2, 0.25) is 0 Å². The Morgan fingerprint density at radius 1 is 1.04 bits per heavy atom. The molecular formula is C30H52N7O10P. The summed E-state index contributed by atoms with van der Waals surface area (Å²) >= 11 is 0. The number of carbonyl (C=O) groups excluding carboxylic acids is 2. The zero-order valence-corrected chi connectivity index (χ0v) is 30.1. The van der Waals surface area contributed by atoms with Crippen molar-refractivity contribution in [1.29, 1.82) is 0 Å². The van der Waals surface area contributed by atoms with Gasteiger partial charge in [0, 0.05) is 0 Å². The molecule has 6 N–H and O–H groups in total. The number of fused-ring (bicyclic) bond motifs is 1. The maximum atomic E-state index is 14.6. The van der Waals surface area contributed by atoms with Crippen LogP contribution in [-0.2, 0) is 32.9 Å². The first-order chi connectivity index (χ1) is 22.4. The minimum Gasteiger partial charge on any atom is -0.473 e. The van der Waals surface area contributed by atoms with Crippen molar-refractivity contribution in [1.82, 2.24) is 29.7 Å². The van der Waals surface area contributed by atoms with Crippen LogP contribution in [0.5, 0.6) is 5.88 Å². The fourth-order valence-electron chi connectivity index (χ4n) is 5.29. The summed E-state index contributed by atoms with van der Waals surface area (Å²) in [4.78, 5) is 38.6. The number of aromatic nitrogens is 4. The molecule has 3 rings (SSSR count). The largest absolute Gasteiger partial charge is 0.473 e. The molecule has 0 aliphatic carbocycles. The van der Waals surface area contributed by atoms with E-state index in [4.69, 9.17) is 29.2 Å². The van der Waals surface area contributed by atoms with Gasteiger partial charge in [-0.25, -0.2) is 15.2 Å². The highest BCUT2D eigenvalue weighted by Gasteiger charge is 2.54. The fourth-order valence-corrected chi connectivity index (χ4v) is 7.12. The second kappa shape index (κ2) is 16.7. The fraction of sp³-hybridized carbons (Fsp3) is 0.767. The van der Waals surface area contributed by atoms with Crippen LogP contribution in [0.4, 0.5) is 5.95 Å². The van der Waals surface area contributed by atoms with Crippen molar-refractivity contribution >= 4 is 36.7 Å². The molecular weight excluding hydrogens is 649 g/mol. The second-order valence-electron chi connectivity index (χ2n) is 13.0. The van der Waals surface area contributed by atoms with E-state index in [1.54, 1.807) is 13.8 Å². The van der Waals surface area contributed by atoms with E-state index in [0.717, 1.165) is 0 Å². The smallest absolute Gasteiger partial charge is 0.342 e. The van der Waals surface area contributed by atoms with Gasteiger partial charge in [0.15, 0.2) is 17.4 Å². The molecule has 0 spiro atoms. The Bertz CT molecular complexity index is 1400.